The Balaban J connectivity index is 0.000000461. The summed E-state index contributed by atoms with van der Waals surface area (Å²) in [5.74, 6) is 0.667. The van der Waals surface area contributed by atoms with Gasteiger partial charge in [0.05, 0.1) is 0 Å². The lowest BCUT2D eigenvalue weighted by molar-refractivity contribution is 1.12. The van der Waals surface area contributed by atoms with E-state index in [9.17, 15) is 0 Å². The van der Waals surface area contributed by atoms with Gasteiger partial charge < -0.3 is 5.32 Å². The number of hydrogen-bond donors (Lipinski definition) is 1. The molecule has 1 aromatic heterocycles. The second-order valence-corrected chi connectivity index (χ2v) is 1.83. The molecular weight excluding hydrogens is 138 g/mol. The van der Waals surface area contributed by atoms with Gasteiger partial charge in [0.25, 0.3) is 0 Å². The molecule has 1 rings (SSSR count). The highest BCUT2D eigenvalue weighted by molar-refractivity contribution is 5.22. The molecule has 11 heavy (non-hydrogen) atoms. The fourth-order valence-corrected chi connectivity index (χ4v) is 0.522. The third-order valence-electron chi connectivity index (χ3n) is 1.00. The summed E-state index contributed by atoms with van der Waals surface area (Å²) in [6.07, 6.45) is 3.55. The van der Waals surface area contributed by atoms with E-state index < -0.39 is 0 Å². The van der Waals surface area contributed by atoms with Crippen LogP contribution in [0.3, 0.4) is 0 Å². The summed E-state index contributed by atoms with van der Waals surface area (Å²) in [6, 6.07) is 0. The van der Waals surface area contributed by atoms with Crippen LogP contribution < -0.4 is 5.32 Å². The average Bonchev–Trinajstić information content (AvgIpc) is 2.10. The number of aryl methyl sites for hydroxylation is 1. The molecule has 0 aliphatic heterocycles. The Morgan fingerprint density at radius 1 is 1.18 bits per heavy atom. The van der Waals surface area contributed by atoms with Crippen LogP contribution in [0.4, 0.5) is 5.95 Å². The molecule has 0 radical (unpaired) electrons. The number of aromatic nitrogens is 2. The van der Waals surface area contributed by atoms with E-state index in [0.717, 1.165) is 5.56 Å². The molecule has 0 unspecified atom stereocenters. The first-order valence-corrected chi connectivity index (χ1v) is 3.79. The van der Waals surface area contributed by atoms with Gasteiger partial charge in [-0.25, -0.2) is 9.97 Å². The quantitative estimate of drug-likeness (QED) is 0.669. The predicted octanol–water partition coefficient (Wildman–Crippen LogP) is 1.85. The molecule has 1 heterocycles. The van der Waals surface area contributed by atoms with E-state index in [4.69, 9.17) is 0 Å². The summed E-state index contributed by atoms with van der Waals surface area (Å²) >= 11 is 0. The standard InChI is InChI=1S/C6H9N3.C2H6/c1-5-3-8-6(7-2)9-4-5;1-2/h3-4H,1-2H3,(H,7,8,9);1-2H3. The first-order valence-electron chi connectivity index (χ1n) is 3.79. The van der Waals surface area contributed by atoms with Crippen LogP contribution in [0.1, 0.15) is 19.4 Å². The molecule has 0 atom stereocenters. The number of nitrogens with zero attached hydrogens (tertiary/aromatic N) is 2. The fraction of sp³-hybridized carbons (Fsp3) is 0.500. The maximum absolute atomic E-state index is 3.97. The Bertz CT molecular complexity index is 181. The Labute approximate surface area is 67.9 Å². The largest absolute Gasteiger partial charge is 0.357 e. The highest BCUT2D eigenvalue weighted by Gasteiger charge is 1.86. The lowest BCUT2D eigenvalue weighted by Crippen LogP contribution is -1.94. The first kappa shape index (κ1) is 9.88. The highest BCUT2D eigenvalue weighted by atomic mass is 15.1. The summed E-state index contributed by atoms with van der Waals surface area (Å²) in [5, 5.41) is 2.83. The van der Waals surface area contributed by atoms with Gasteiger partial charge in [0.1, 0.15) is 0 Å². The van der Waals surface area contributed by atoms with Gasteiger partial charge in [-0.1, -0.05) is 13.8 Å². The fourth-order valence-electron chi connectivity index (χ4n) is 0.522. The van der Waals surface area contributed by atoms with Crippen LogP contribution in [0.25, 0.3) is 0 Å². The van der Waals surface area contributed by atoms with Gasteiger partial charge >= 0.3 is 0 Å². The van der Waals surface area contributed by atoms with Crippen LogP contribution in [0, 0.1) is 6.92 Å². The molecule has 1 aromatic rings. The topological polar surface area (TPSA) is 37.8 Å². The van der Waals surface area contributed by atoms with Gasteiger partial charge in [0, 0.05) is 19.4 Å². The third-order valence-corrected chi connectivity index (χ3v) is 1.00. The number of anilines is 1. The van der Waals surface area contributed by atoms with Crippen molar-refractivity contribution < 1.29 is 0 Å². The van der Waals surface area contributed by atoms with Crippen LogP contribution in [-0.2, 0) is 0 Å². The number of nitrogens with one attached hydrogen (secondary N) is 1. The van der Waals surface area contributed by atoms with Crippen molar-refractivity contribution in [1.29, 1.82) is 0 Å². The molecule has 1 N–H and O–H groups in total. The van der Waals surface area contributed by atoms with E-state index in [1.54, 1.807) is 19.4 Å². The maximum atomic E-state index is 3.97. The Kier molecular flexibility index (Phi) is 5.07. The molecule has 0 aliphatic rings. The Morgan fingerprint density at radius 2 is 1.64 bits per heavy atom. The minimum absolute atomic E-state index is 0.667. The summed E-state index contributed by atoms with van der Waals surface area (Å²) in [6.45, 7) is 5.96. The molecule has 3 heteroatoms. The van der Waals surface area contributed by atoms with Crippen LogP contribution in [0.2, 0.25) is 0 Å². The minimum atomic E-state index is 0.667. The van der Waals surface area contributed by atoms with E-state index in [1.807, 2.05) is 20.8 Å². The van der Waals surface area contributed by atoms with Gasteiger partial charge in [-0.2, -0.15) is 0 Å². The van der Waals surface area contributed by atoms with Crippen molar-refractivity contribution in [2.45, 2.75) is 20.8 Å². The zero-order valence-electron chi connectivity index (χ0n) is 7.55. The van der Waals surface area contributed by atoms with Crippen molar-refractivity contribution in [2.75, 3.05) is 12.4 Å². The van der Waals surface area contributed by atoms with Crippen molar-refractivity contribution in [3.05, 3.63) is 18.0 Å². The van der Waals surface area contributed by atoms with E-state index in [0.29, 0.717) is 5.95 Å². The van der Waals surface area contributed by atoms with Crippen molar-refractivity contribution >= 4 is 5.95 Å². The highest BCUT2D eigenvalue weighted by Crippen LogP contribution is 1.95. The zero-order chi connectivity index (χ0) is 8.69. The van der Waals surface area contributed by atoms with Gasteiger partial charge in [0.15, 0.2) is 0 Å². The molecule has 0 spiro atoms. The molecule has 0 saturated heterocycles. The van der Waals surface area contributed by atoms with Gasteiger partial charge in [-0.05, 0) is 12.5 Å². The molecule has 62 valence electrons. The molecule has 0 aromatic carbocycles. The van der Waals surface area contributed by atoms with Crippen LogP contribution >= 0.6 is 0 Å². The lowest BCUT2D eigenvalue weighted by atomic mass is 10.4. The zero-order valence-corrected chi connectivity index (χ0v) is 7.55. The van der Waals surface area contributed by atoms with Crippen LogP contribution in [0.15, 0.2) is 12.4 Å². The maximum Gasteiger partial charge on any atom is 0.222 e. The van der Waals surface area contributed by atoms with Crippen LogP contribution in [0.5, 0.6) is 0 Å². The SMILES string of the molecule is CC.CNc1ncc(C)cn1. The average molecular weight is 153 g/mol. The number of rotatable bonds is 1. The van der Waals surface area contributed by atoms with E-state index in [-0.39, 0.29) is 0 Å². The second-order valence-electron chi connectivity index (χ2n) is 1.83. The Hall–Kier alpha value is -1.12. The molecular formula is C8H15N3. The number of hydrogen-bond acceptors (Lipinski definition) is 3. The monoisotopic (exact) mass is 153 g/mol. The van der Waals surface area contributed by atoms with E-state index in [2.05, 4.69) is 15.3 Å². The minimum Gasteiger partial charge on any atom is -0.357 e. The lowest BCUT2D eigenvalue weighted by Gasteiger charge is -1.94. The smallest absolute Gasteiger partial charge is 0.222 e. The first-order chi connectivity index (χ1) is 5.33. The van der Waals surface area contributed by atoms with Crippen LogP contribution in [-0.4, -0.2) is 17.0 Å². The molecule has 3 nitrogen and oxygen atoms in total. The summed E-state index contributed by atoms with van der Waals surface area (Å²) in [7, 11) is 1.80. The van der Waals surface area contributed by atoms with Crippen molar-refractivity contribution in [2.24, 2.45) is 0 Å². The van der Waals surface area contributed by atoms with E-state index in [1.165, 1.54) is 0 Å². The summed E-state index contributed by atoms with van der Waals surface area (Å²) in [4.78, 5) is 7.95. The van der Waals surface area contributed by atoms with Crippen molar-refractivity contribution in [3.8, 4) is 0 Å². The van der Waals surface area contributed by atoms with Gasteiger partial charge in [-0.15, -0.1) is 0 Å². The molecule has 0 saturated carbocycles. The summed E-state index contributed by atoms with van der Waals surface area (Å²) < 4.78 is 0. The molecule has 0 aliphatic carbocycles. The second kappa shape index (κ2) is 5.65. The molecule has 0 fully saturated rings. The molecule has 0 bridgehead atoms. The van der Waals surface area contributed by atoms with Gasteiger partial charge in [-0.3, -0.25) is 0 Å². The van der Waals surface area contributed by atoms with E-state index >= 15 is 0 Å². The van der Waals surface area contributed by atoms with Gasteiger partial charge in [0.2, 0.25) is 5.95 Å². The normalized spacial score (nSPS) is 8.00. The predicted molar refractivity (Wildman–Crippen MR) is 47.7 cm³/mol. The Morgan fingerprint density at radius 3 is 2.00 bits per heavy atom. The van der Waals surface area contributed by atoms with Crippen molar-refractivity contribution in [3.63, 3.8) is 0 Å². The molecule has 0 amide bonds. The third kappa shape index (κ3) is 3.55. The van der Waals surface area contributed by atoms with Crippen molar-refractivity contribution in [1.82, 2.24) is 9.97 Å². The summed E-state index contributed by atoms with van der Waals surface area (Å²) in [5.41, 5.74) is 1.08.